The monoisotopic (exact) mass is 325 g/mol. The van der Waals surface area contributed by atoms with Crippen molar-refractivity contribution in [2.45, 2.75) is 24.5 Å². The summed E-state index contributed by atoms with van der Waals surface area (Å²) in [4.78, 5) is 20.9. The zero-order chi connectivity index (χ0) is 12.7. The largest absolute Gasteiger partial charge is 0.291 e. The van der Waals surface area contributed by atoms with Crippen LogP contribution < -0.4 is 5.56 Å². The Morgan fingerprint density at radius 1 is 1.56 bits per heavy atom. The van der Waals surface area contributed by atoms with Crippen LogP contribution in [0.1, 0.15) is 12.8 Å². The van der Waals surface area contributed by atoms with Gasteiger partial charge in [-0.1, -0.05) is 11.8 Å². The molecule has 1 saturated carbocycles. The second kappa shape index (κ2) is 4.66. The lowest BCUT2D eigenvalue weighted by Gasteiger charge is -2.10. The van der Waals surface area contributed by atoms with Gasteiger partial charge in [0.1, 0.15) is 5.65 Å². The fourth-order valence-corrected chi connectivity index (χ4v) is 2.73. The molecule has 0 N–H and O–H groups in total. The van der Waals surface area contributed by atoms with E-state index in [1.807, 2.05) is 6.26 Å². The number of pyridine rings is 1. The summed E-state index contributed by atoms with van der Waals surface area (Å²) >= 11 is 4.81. The molecule has 0 aromatic carbocycles. The van der Waals surface area contributed by atoms with Crippen LogP contribution in [0.15, 0.2) is 26.7 Å². The summed E-state index contributed by atoms with van der Waals surface area (Å²) < 4.78 is 2.36. The van der Waals surface area contributed by atoms with Gasteiger partial charge in [0.15, 0.2) is 5.16 Å². The highest BCUT2D eigenvalue weighted by Gasteiger charge is 2.24. The molecule has 0 bridgehead atoms. The van der Waals surface area contributed by atoms with Crippen LogP contribution in [0.4, 0.5) is 0 Å². The predicted molar refractivity (Wildman–Crippen MR) is 76.0 cm³/mol. The topological polar surface area (TPSA) is 47.8 Å². The number of thioether (sulfide) groups is 1. The minimum Gasteiger partial charge on any atom is -0.291 e. The number of hydrogen-bond donors (Lipinski definition) is 0. The van der Waals surface area contributed by atoms with Crippen LogP contribution in [0, 0.1) is 5.92 Å². The predicted octanol–water partition coefficient (Wildman–Crippen LogP) is 2.69. The van der Waals surface area contributed by atoms with Gasteiger partial charge in [-0.25, -0.2) is 9.97 Å². The second-order valence-electron chi connectivity index (χ2n) is 4.49. The van der Waals surface area contributed by atoms with Crippen LogP contribution in [0.25, 0.3) is 11.0 Å². The third-order valence-electron chi connectivity index (χ3n) is 3.08. The normalized spacial score (nSPS) is 15.2. The van der Waals surface area contributed by atoms with Gasteiger partial charge in [0.05, 0.1) is 4.47 Å². The average Bonchev–Trinajstić information content (AvgIpc) is 3.18. The van der Waals surface area contributed by atoms with Gasteiger partial charge < -0.3 is 0 Å². The molecule has 18 heavy (non-hydrogen) atoms. The molecule has 2 aromatic heterocycles. The molecule has 0 unspecified atom stereocenters. The first-order chi connectivity index (χ1) is 8.69. The van der Waals surface area contributed by atoms with Crippen LogP contribution in [0.3, 0.4) is 0 Å². The molecular formula is C12H12BrN3OS. The Kier molecular flexibility index (Phi) is 3.15. The first-order valence-electron chi connectivity index (χ1n) is 5.79. The number of hydrogen-bond acceptors (Lipinski definition) is 4. The van der Waals surface area contributed by atoms with E-state index in [-0.39, 0.29) is 5.56 Å². The molecule has 1 aliphatic rings. The van der Waals surface area contributed by atoms with Crippen LogP contribution in [-0.2, 0) is 6.54 Å². The van der Waals surface area contributed by atoms with E-state index in [1.54, 1.807) is 16.8 Å². The Labute approximate surface area is 117 Å². The fourth-order valence-electron chi connectivity index (χ4n) is 1.93. The van der Waals surface area contributed by atoms with Crippen molar-refractivity contribution < 1.29 is 0 Å². The van der Waals surface area contributed by atoms with Crippen molar-refractivity contribution >= 4 is 38.7 Å². The van der Waals surface area contributed by atoms with Crippen molar-refractivity contribution in [3.8, 4) is 0 Å². The van der Waals surface area contributed by atoms with Crippen LogP contribution in [0.2, 0.25) is 0 Å². The molecule has 0 atom stereocenters. The smallest absolute Gasteiger partial charge is 0.266 e. The van der Waals surface area contributed by atoms with Gasteiger partial charge in [-0.05, 0) is 47.0 Å². The average molecular weight is 326 g/mol. The summed E-state index contributed by atoms with van der Waals surface area (Å²) in [6.07, 6.45) is 6.13. The van der Waals surface area contributed by atoms with Crippen LogP contribution in [-0.4, -0.2) is 20.8 Å². The summed E-state index contributed by atoms with van der Waals surface area (Å²) in [6.45, 7) is 0.763. The Hall–Kier alpha value is -0.880. The van der Waals surface area contributed by atoms with Gasteiger partial charge in [-0.15, -0.1) is 0 Å². The Morgan fingerprint density at radius 3 is 3.00 bits per heavy atom. The van der Waals surface area contributed by atoms with Gasteiger partial charge in [-0.3, -0.25) is 9.36 Å². The van der Waals surface area contributed by atoms with E-state index in [0.29, 0.717) is 15.5 Å². The molecule has 0 saturated heterocycles. The van der Waals surface area contributed by atoms with E-state index in [1.165, 1.54) is 24.6 Å². The quantitative estimate of drug-likeness (QED) is 0.643. The summed E-state index contributed by atoms with van der Waals surface area (Å²) in [5, 5.41) is 1.61. The maximum Gasteiger partial charge on any atom is 0.266 e. The van der Waals surface area contributed by atoms with Crippen molar-refractivity contribution in [2.75, 3.05) is 6.26 Å². The highest BCUT2D eigenvalue weighted by molar-refractivity contribution is 9.10. The standard InChI is InChI=1S/C12H12BrN3OS/c1-18-12-14-5-8-4-9(13)11(17)16(10(8)15-12)6-7-2-3-7/h4-5,7H,2-3,6H2,1H3. The SMILES string of the molecule is CSc1ncc2cc(Br)c(=O)n(CC3CC3)c2n1. The van der Waals surface area contributed by atoms with Crippen molar-refractivity contribution in [3.63, 3.8) is 0 Å². The number of halogens is 1. The zero-order valence-corrected chi connectivity index (χ0v) is 12.3. The molecular weight excluding hydrogens is 314 g/mol. The third-order valence-corrected chi connectivity index (χ3v) is 4.21. The molecule has 0 amide bonds. The lowest BCUT2D eigenvalue weighted by atomic mass is 10.3. The highest BCUT2D eigenvalue weighted by Crippen LogP contribution is 2.31. The summed E-state index contributed by atoms with van der Waals surface area (Å²) in [6, 6.07) is 1.80. The lowest BCUT2D eigenvalue weighted by Crippen LogP contribution is -2.23. The molecule has 1 fully saturated rings. The van der Waals surface area contributed by atoms with Crippen molar-refractivity contribution in [2.24, 2.45) is 5.92 Å². The molecule has 4 nitrogen and oxygen atoms in total. The Morgan fingerprint density at radius 2 is 2.33 bits per heavy atom. The maximum absolute atomic E-state index is 12.2. The molecule has 1 aliphatic carbocycles. The Bertz CT molecular complexity index is 666. The molecule has 6 heteroatoms. The van der Waals surface area contributed by atoms with Gasteiger partial charge in [-0.2, -0.15) is 0 Å². The van der Waals surface area contributed by atoms with Crippen LogP contribution >= 0.6 is 27.7 Å². The van der Waals surface area contributed by atoms with E-state index in [2.05, 4.69) is 25.9 Å². The summed E-state index contributed by atoms with van der Waals surface area (Å²) in [5.41, 5.74) is 0.745. The van der Waals surface area contributed by atoms with Crippen molar-refractivity contribution in [3.05, 3.63) is 27.1 Å². The molecule has 0 radical (unpaired) electrons. The second-order valence-corrected chi connectivity index (χ2v) is 6.11. The van der Waals surface area contributed by atoms with E-state index in [9.17, 15) is 4.79 Å². The Balaban J connectivity index is 2.25. The first kappa shape index (κ1) is 12.2. The fraction of sp³-hybridized carbons (Fsp3) is 0.417. The number of rotatable bonds is 3. The minimum atomic E-state index is 0.000142. The molecule has 3 rings (SSSR count). The van der Waals surface area contributed by atoms with E-state index in [0.717, 1.165) is 17.6 Å². The molecule has 2 heterocycles. The first-order valence-corrected chi connectivity index (χ1v) is 7.81. The maximum atomic E-state index is 12.2. The van der Waals surface area contributed by atoms with Crippen molar-refractivity contribution in [1.82, 2.24) is 14.5 Å². The number of fused-ring (bicyclic) bond motifs is 1. The van der Waals surface area contributed by atoms with Gasteiger partial charge >= 0.3 is 0 Å². The van der Waals surface area contributed by atoms with E-state index >= 15 is 0 Å². The van der Waals surface area contributed by atoms with Gasteiger partial charge in [0.25, 0.3) is 5.56 Å². The van der Waals surface area contributed by atoms with Gasteiger partial charge in [0, 0.05) is 18.1 Å². The van der Waals surface area contributed by atoms with Crippen LogP contribution in [0.5, 0.6) is 0 Å². The summed E-state index contributed by atoms with van der Waals surface area (Å²) in [7, 11) is 0. The minimum absolute atomic E-state index is 0.000142. The summed E-state index contributed by atoms with van der Waals surface area (Å²) in [5.74, 6) is 0.632. The molecule has 94 valence electrons. The highest BCUT2D eigenvalue weighted by atomic mass is 79.9. The van der Waals surface area contributed by atoms with Gasteiger partial charge in [0.2, 0.25) is 0 Å². The van der Waals surface area contributed by atoms with E-state index < -0.39 is 0 Å². The zero-order valence-electron chi connectivity index (χ0n) is 9.89. The number of nitrogens with zero attached hydrogens (tertiary/aromatic N) is 3. The van der Waals surface area contributed by atoms with Crippen molar-refractivity contribution in [1.29, 1.82) is 0 Å². The molecule has 0 spiro atoms. The van der Waals surface area contributed by atoms with E-state index in [4.69, 9.17) is 0 Å². The molecule has 2 aromatic rings. The molecule has 0 aliphatic heterocycles. The third kappa shape index (κ3) is 2.19. The lowest BCUT2D eigenvalue weighted by molar-refractivity contribution is 0.617. The number of aromatic nitrogens is 3.